The van der Waals surface area contributed by atoms with E-state index in [0.29, 0.717) is 25.7 Å². The van der Waals surface area contributed by atoms with Gasteiger partial charge in [-0.1, -0.05) is 24.3 Å². The zero-order valence-corrected chi connectivity index (χ0v) is 13.4. The Morgan fingerprint density at radius 3 is 2.50 bits per heavy atom. The van der Waals surface area contributed by atoms with Gasteiger partial charge in [0.25, 0.3) is 0 Å². The topological polar surface area (TPSA) is 43.8 Å². The van der Waals surface area contributed by atoms with Gasteiger partial charge in [0.1, 0.15) is 5.78 Å². The molecule has 0 atom stereocenters. The number of likely N-dealkylation sites (N-methyl/N-ethyl adjacent to an activating group) is 1. The molecule has 4 nitrogen and oxygen atoms in total. The van der Waals surface area contributed by atoms with E-state index in [1.807, 2.05) is 12.1 Å². The van der Waals surface area contributed by atoms with Crippen molar-refractivity contribution in [2.45, 2.75) is 37.8 Å². The van der Waals surface area contributed by atoms with Gasteiger partial charge < -0.3 is 10.0 Å². The summed E-state index contributed by atoms with van der Waals surface area (Å²) in [7, 11) is 2.16. The first-order chi connectivity index (χ1) is 10.5. The Bertz CT molecular complexity index is 526. The average molecular weight is 302 g/mol. The molecule has 1 aliphatic heterocycles. The highest BCUT2D eigenvalue weighted by Crippen LogP contribution is 2.36. The van der Waals surface area contributed by atoms with E-state index in [1.165, 1.54) is 5.56 Å². The van der Waals surface area contributed by atoms with Crippen molar-refractivity contribution in [2.24, 2.45) is 0 Å². The molecule has 1 aromatic carbocycles. The maximum atomic E-state index is 11.4. The molecule has 0 unspecified atom stereocenters. The number of Topliss-reactive ketones (excluding diaryl/α,β-unsaturated/α-hetero) is 1. The molecule has 0 aromatic heterocycles. The minimum absolute atomic E-state index is 0.276. The summed E-state index contributed by atoms with van der Waals surface area (Å²) in [5.41, 5.74) is 1.42. The summed E-state index contributed by atoms with van der Waals surface area (Å²) in [5, 5.41) is 10.9. The van der Waals surface area contributed by atoms with E-state index in [0.717, 1.165) is 38.3 Å². The summed E-state index contributed by atoms with van der Waals surface area (Å²) in [4.78, 5) is 16.2. The number of nitrogens with zero attached hydrogens (tertiary/aromatic N) is 2. The monoisotopic (exact) mass is 302 g/mol. The van der Waals surface area contributed by atoms with Crippen molar-refractivity contribution in [3.05, 3.63) is 35.4 Å². The minimum Gasteiger partial charge on any atom is -0.385 e. The summed E-state index contributed by atoms with van der Waals surface area (Å²) in [6.07, 6.45) is 2.12. The summed E-state index contributed by atoms with van der Waals surface area (Å²) in [6, 6.07) is 8.31. The highest BCUT2D eigenvalue weighted by atomic mass is 16.3. The normalized spacial score (nSPS) is 23.6. The van der Waals surface area contributed by atoms with Crippen LogP contribution in [-0.2, 0) is 16.9 Å². The van der Waals surface area contributed by atoms with Crippen LogP contribution in [0.2, 0.25) is 0 Å². The Morgan fingerprint density at radius 1 is 1.14 bits per heavy atom. The van der Waals surface area contributed by atoms with Gasteiger partial charge in [0, 0.05) is 45.6 Å². The van der Waals surface area contributed by atoms with Crippen molar-refractivity contribution in [3.63, 3.8) is 0 Å². The van der Waals surface area contributed by atoms with E-state index < -0.39 is 5.60 Å². The van der Waals surface area contributed by atoms with Gasteiger partial charge in [0.05, 0.1) is 5.60 Å². The third-order valence-corrected chi connectivity index (χ3v) is 5.10. The number of piperazine rings is 1. The smallest absolute Gasteiger partial charge is 0.133 e. The van der Waals surface area contributed by atoms with Crippen molar-refractivity contribution < 1.29 is 9.90 Å². The zero-order valence-electron chi connectivity index (χ0n) is 13.4. The number of carbonyl (C=O) groups is 1. The molecule has 0 spiro atoms. The second-order valence-electron chi connectivity index (χ2n) is 6.85. The maximum absolute atomic E-state index is 11.4. The molecule has 1 heterocycles. The fraction of sp³-hybridized carbons (Fsp3) is 0.611. The fourth-order valence-corrected chi connectivity index (χ4v) is 3.45. The van der Waals surface area contributed by atoms with E-state index in [9.17, 15) is 9.90 Å². The van der Waals surface area contributed by atoms with Crippen LogP contribution in [0.3, 0.4) is 0 Å². The van der Waals surface area contributed by atoms with Gasteiger partial charge in [-0.05, 0) is 31.0 Å². The van der Waals surface area contributed by atoms with Gasteiger partial charge in [-0.15, -0.1) is 0 Å². The van der Waals surface area contributed by atoms with Gasteiger partial charge in [0.15, 0.2) is 0 Å². The lowest BCUT2D eigenvalue weighted by Gasteiger charge is -2.34. The molecule has 22 heavy (non-hydrogen) atoms. The Hall–Kier alpha value is -1.23. The third kappa shape index (κ3) is 3.57. The minimum atomic E-state index is -0.813. The van der Waals surface area contributed by atoms with Gasteiger partial charge in [-0.25, -0.2) is 0 Å². The number of rotatable bonds is 3. The van der Waals surface area contributed by atoms with E-state index in [4.69, 9.17) is 0 Å². The van der Waals surface area contributed by atoms with E-state index in [1.54, 1.807) is 0 Å². The molecular weight excluding hydrogens is 276 g/mol. The first-order valence-corrected chi connectivity index (χ1v) is 8.30. The SMILES string of the molecule is CN1CCN(Cc2cccc(C3(O)CCC(=O)CC3)c2)CC1. The first kappa shape index (κ1) is 15.7. The van der Waals surface area contributed by atoms with Gasteiger partial charge in [0.2, 0.25) is 0 Å². The van der Waals surface area contributed by atoms with Crippen molar-refractivity contribution in [1.82, 2.24) is 9.80 Å². The molecule has 1 saturated heterocycles. The maximum Gasteiger partial charge on any atom is 0.133 e. The molecule has 4 heteroatoms. The number of carbonyl (C=O) groups excluding carboxylic acids is 1. The second-order valence-corrected chi connectivity index (χ2v) is 6.85. The summed E-state index contributed by atoms with van der Waals surface area (Å²) >= 11 is 0. The predicted octanol–water partition coefficient (Wildman–Crippen LogP) is 1.76. The Morgan fingerprint density at radius 2 is 1.82 bits per heavy atom. The van der Waals surface area contributed by atoms with Crippen LogP contribution in [0, 0.1) is 0 Å². The Kier molecular flexibility index (Phi) is 4.62. The molecule has 0 bridgehead atoms. The molecule has 120 valence electrons. The summed E-state index contributed by atoms with van der Waals surface area (Å²) in [6.45, 7) is 5.37. The largest absolute Gasteiger partial charge is 0.385 e. The average Bonchev–Trinajstić information content (AvgIpc) is 2.53. The fourth-order valence-electron chi connectivity index (χ4n) is 3.45. The zero-order chi connectivity index (χ0) is 15.6. The summed E-state index contributed by atoms with van der Waals surface area (Å²) < 4.78 is 0. The van der Waals surface area contributed by atoms with Crippen LogP contribution in [0.4, 0.5) is 0 Å². The highest BCUT2D eigenvalue weighted by Gasteiger charge is 2.34. The predicted molar refractivity (Wildman–Crippen MR) is 86.6 cm³/mol. The van der Waals surface area contributed by atoms with E-state index in [-0.39, 0.29) is 5.78 Å². The number of ketones is 1. The molecule has 2 fully saturated rings. The van der Waals surface area contributed by atoms with E-state index in [2.05, 4.69) is 29.0 Å². The number of aliphatic hydroxyl groups is 1. The number of hydrogen-bond acceptors (Lipinski definition) is 4. The second kappa shape index (κ2) is 6.49. The van der Waals surface area contributed by atoms with E-state index >= 15 is 0 Å². The lowest BCUT2D eigenvalue weighted by molar-refractivity contribution is -0.125. The molecule has 1 aliphatic carbocycles. The standard InChI is InChI=1S/C18H26N2O2/c1-19-9-11-20(12-10-19)14-15-3-2-4-16(13-15)18(22)7-5-17(21)6-8-18/h2-4,13,22H,5-12,14H2,1H3. The molecule has 1 aromatic rings. The van der Waals surface area contributed by atoms with Crippen LogP contribution < -0.4 is 0 Å². The van der Waals surface area contributed by atoms with Crippen LogP contribution in [0.1, 0.15) is 36.8 Å². The van der Waals surface area contributed by atoms with Gasteiger partial charge in [-0.3, -0.25) is 9.69 Å². The molecular formula is C18H26N2O2. The summed E-state index contributed by atoms with van der Waals surface area (Å²) in [5.74, 6) is 0.276. The Labute approximate surface area is 132 Å². The first-order valence-electron chi connectivity index (χ1n) is 8.30. The Balaban J connectivity index is 1.68. The third-order valence-electron chi connectivity index (χ3n) is 5.10. The van der Waals surface area contributed by atoms with Crippen molar-refractivity contribution in [3.8, 4) is 0 Å². The lowest BCUT2D eigenvalue weighted by atomic mass is 9.79. The molecule has 0 amide bonds. The van der Waals surface area contributed by atoms with Gasteiger partial charge >= 0.3 is 0 Å². The van der Waals surface area contributed by atoms with Crippen LogP contribution in [0.25, 0.3) is 0 Å². The molecule has 2 aliphatic rings. The molecule has 0 radical (unpaired) electrons. The van der Waals surface area contributed by atoms with Crippen LogP contribution in [0.15, 0.2) is 24.3 Å². The number of hydrogen-bond donors (Lipinski definition) is 1. The highest BCUT2D eigenvalue weighted by molar-refractivity contribution is 5.79. The van der Waals surface area contributed by atoms with Crippen LogP contribution in [-0.4, -0.2) is 53.9 Å². The molecule has 3 rings (SSSR count). The van der Waals surface area contributed by atoms with Gasteiger partial charge in [-0.2, -0.15) is 0 Å². The molecule has 1 N–H and O–H groups in total. The van der Waals surface area contributed by atoms with Crippen LogP contribution >= 0.6 is 0 Å². The van der Waals surface area contributed by atoms with Crippen molar-refractivity contribution in [2.75, 3.05) is 33.2 Å². The number of benzene rings is 1. The van der Waals surface area contributed by atoms with Crippen molar-refractivity contribution in [1.29, 1.82) is 0 Å². The van der Waals surface area contributed by atoms with Crippen LogP contribution in [0.5, 0.6) is 0 Å². The quantitative estimate of drug-likeness (QED) is 0.924. The molecule has 1 saturated carbocycles. The van der Waals surface area contributed by atoms with Crippen molar-refractivity contribution >= 4 is 5.78 Å². The lowest BCUT2D eigenvalue weighted by Crippen LogP contribution is -2.43.